The van der Waals surface area contributed by atoms with Gasteiger partial charge < -0.3 is 23.7 Å². The summed E-state index contributed by atoms with van der Waals surface area (Å²) in [5, 5.41) is 0. The first kappa shape index (κ1) is 29.2. The van der Waals surface area contributed by atoms with Crippen LogP contribution in [0.3, 0.4) is 0 Å². The predicted octanol–water partition coefficient (Wildman–Crippen LogP) is 2.11. The standard InChI is InChI=1S/C24H24FNO10S2/c1-11(27)32-10-17-19(33-12(2)28)20(34-13(3)29)21(35-14(4)30)23(36-17)26-22(31)18(38-24(26)37)9-15-7-5-6-8-16(15)25/h5-9,17,19-21,23H,10H2,1-4H3/b18-9+/t17-,19-,20-,21+,23-/m0/s1. The Kier molecular flexibility index (Phi) is 9.57. The Bertz CT molecular complexity index is 1190. The highest BCUT2D eigenvalue weighted by molar-refractivity contribution is 8.26. The van der Waals surface area contributed by atoms with E-state index >= 15 is 0 Å². The number of ether oxygens (including phenoxy) is 5. The van der Waals surface area contributed by atoms with Crippen LogP contribution in [0, 0.1) is 5.82 Å². The quantitative estimate of drug-likeness (QED) is 0.206. The van der Waals surface area contributed by atoms with Crippen LogP contribution in [0.4, 0.5) is 4.39 Å². The van der Waals surface area contributed by atoms with Gasteiger partial charge in [0.05, 0.1) is 4.91 Å². The van der Waals surface area contributed by atoms with Crippen LogP contribution in [0.5, 0.6) is 0 Å². The summed E-state index contributed by atoms with van der Waals surface area (Å²) in [7, 11) is 0. The first-order valence-electron chi connectivity index (χ1n) is 11.2. The van der Waals surface area contributed by atoms with Crippen molar-refractivity contribution in [2.45, 2.75) is 58.3 Å². The highest BCUT2D eigenvalue weighted by Gasteiger charge is 2.56. The fraction of sp³-hybridized carbons (Fsp3) is 0.417. The number of hydrogen-bond donors (Lipinski definition) is 0. The molecule has 1 amide bonds. The fourth-order valence-corrected chi connectivity index (χ4v) is 5.15. The number of halogens is 1. The maximum absolute atomic E-state index is 14.2. The van der Waals surface area contributed by atoms with Crippen LogP contribution in [0.15, 0.2) is 29.2 Å². The van der Waals surface area contributed by atoms with E-state index in [1.165, 1.54) is 24.3 Å². The number of carbonyl (C=O) groups is 5. The zero-order chi connectivity index (χ0) is 28.1. The van der Waals surface area contributed by atoms with Gasteiger partial charge in [0.15, 0.2) is 28.9 Å². The summed E-state index contributed by atoms with van der Waals surface area (Å²) in [6.45, 7) is 3.93. The third-order valence-corrected chi connectivity index (χ3v) is 6.57. The molecular weight excluding hydrogens is 545 g/mol. The highest BCUT2D eigenvalue weighted by atomic mass is 32.2. The van der Waals surface area contributed by atoms with Gasteiger partial charge in [0.2, 0.25) is 0 Å². The van der Waals surface area contributed by atoms with Crippen LogP contribution in [0.25, 0.3) is 6.08 Å². The van der Waals surface area contributed by atoms with Gasteiger partial charge in [-0.1, -0.05) is 42.2 Å². The minimum Gasteiger partial charge on any atom is -0.463 e. The normalized spacial score (nSPS) is 26.2. The number of esters is 4. The van der Waals surface area contributed by atoms with Crippen molar-refractivity contribution in [3.05, 3.63) is 40.6 Å². The number of benzene rings is 1. The summed E-state index contributed by atoms with van der Waals surface area (Å²) in [5.74, 6) is -4.39. The van der Waals surface area contributed by atoms with Gasteiger partial charge in [-0.3, -0.25) is 28.9 Å². The highest BCUT2D eigenvalue weighted by Crippen LogP contribution is 2.39. The molecule has 5 atom stereocenters. The van der Waals surface area contributed by atoms with E-state index in [0.29, 0.717) is 0 Å². The van der Waals surface area contributed by atoms with Gasteiger partial charge in [-0.15, -0.1) is 0 Å². The maximum atomic E-state index is 14.2. The third kappa shape index (κ3) is 6.94. The molecular formula is C24H24FNO10S2. The zero-order valence-corrected chi connectivity index (χ0v) is 22.3. The Morgan fingerprint density at radius 2 is 1.55 bits per heavy atom. The minimum atomic E-state index is -1.51. The van der Waals surface area contributed by atoms with Crippen LogP contribution in [-0.2, 0) is 47.7 Å². The Morgan fingerprint density at radius 1 is 0.974 bits per heavy atom. The Balaban J connectivity index is 2.06. The number of thiocarbonyl (C=S) groups is 1. The lowest BCUT2D eigenvalue weighted by Gasteiger charge is -2.46. The van der Waals surface area contributed by atoms with E-state index in [9.17, 15) is 28.4 Å². The number of amides is 1. The first-order valence-corrected chi connectivity index (χ1v) is 12.4. The van der Waals surface area contributed by atoms with Crippen molar-refractivity contribution < 1.29 is 52.0 Å². The van der Waals surface area contributed by atoms with Gasteiger partial charge in [-0.2, -0.15) is 0 Å². The molecule has 2 aliphatic heterocycles. The van der Waals surface area contributed by atoms with Crippen molar-refractivity contribution in [3.63, 3.8) is 0 Å². The average molecular weight is 570 g/mol. The van der Waals surface area contributed by atoms with Gasteiger partial charge in [-0.25, -0.2) is 4.39 Å². The lowest BCUT2D eigenvalue weighted by Crippen LogP contribution is -2.66. The number of rotatable bonds is 7. The molecule has 1 aromatic rings. The van der Waals surface area contributed by atoms with E-state index in [1.807, 2.05) is 0 Å². The largest absolute Gasteiger partial charge is 0.463 e. The minimum absolute atomic E-state index is 0.0292. The average Bonchev–Trinajstić information content (AvgIpc) is 3.08. The van der Waals surface area contributed by atoms with Gasteiger partial charge in [0.25, 0.3) is 5.91 Å². The zero-order valence-electron chi connectivity index (χ0n) is 20.7. The summed E-state index contributed by atoms with van der Waals surface area (Å²) >= 11 is 6.25. The Morgan fingerprint density at radius 3 is 2.13 bits per heavy atom. The molecule has 11 nitrogen and oxygen atoms in total. The van der Waals surface area contributed by atoms with Gasteiger partial charge in [0, 0.05) is 33.3 Å². The lowest BCUT2D eigenvalue weighted by molar-refractivity contribution is -0.268. The third-order valence-electron chi connectivity index (χ3n) is 5.24. The predicted molar refractivity (Wildman–Crippen MR) is 133 cm³/mol. The molecule has 0 bridgehead atoms. The van der Waals surface area contributed by atoms with E-state index < -0.39 is 72.9 Å². The molecule has 0 N–H and O–H groups in total. The van der Waals surface area contributed by atoms with Gasteiger partial charge in [-0.05, 0) is 12.1 Å². The number of carbonyl (C=O) groups excluding carboxylic acids is 5. The number of hydrogen-bond acceptors (Lipinski definition) is 12. The summed E-state index contributed by atoms with van der Waals surface area (Å²) in [5.41, 5.74) is 0.134. The summed E-state index contributed by atoms with van der Waals surface area (Å²) in [6, 6.07) is 5.78. The van der Waals surface area contributed by atoms with Crippen LogP contribution in [-0.4, -0.2) is 76.3 Å². The van der Waals surface area contributed by atoms with Crippen molar-refractivity contribution in [1.29, 1.82) is 0 Å². The molecule has 0 unspecified atom stereocenters. The summed E-state index contributed by atoms with van der Waals surface area (Å²) < 4.78 is 41.3. The molecule has 38 heavy (non-hydrogen) atoms. The van der Waals surface area contributed by atoms with Crippen LogP contribution < -0.4 is 0 Å². The molecule has 0 saturated carbocycles. The molecule has 1 aromatic carbocycles. The topological polar surface area (TPSA) is 135 Å². The molecule has 0 radical (unpaired) electrons. The summed E-state index contributed by atoms with van der Waals surface area (Å²) in [4.78, 5) is 61.9. The van der Waals surface area contributed by atoms with Crippen molar-refractivity contribution in [3.8, 4) is 0 Å². The van der Waals surface area contributed by atoms with E-state index in [4.69, 9.17) is 35.9 Å². The molecule has 2 aliphatic rings. The molecule has 2 heterocycles. The maximum Gasteiger partial charge on any atom is 0.303 e. The summed E-state index contributed by atoms with van der Waals surface area (Å²) in [6.07, 6.45) is -5.81. The van der Waals surface area contributed by atoms with Crippen LogP contribution >= 0.6 is 24.0 Å². The van der Waals surface area contributed by atoms with Crippen LogP contribution in [0.1, 0.15) is 33.3 Å². The molecule has 3 rings (SSSR count). The fourth-order valence-electron chi connectivity index (χ4n) is 3.85. The van der Waals surface area contributed by atoms with Crippen LogP contribution in [0.2, 0.25) is 0 Å². The van der Waals surface area contributed by atoms with E-state index in [1.54, 1.807) is 6.07 Å². The van der Waals surface area contributed by atoms with Crippen molar-refractivity contribution in [2.24, 2.45) is 0 Å². The smallest absolute Gasteiger partial charge is 0.303 e. The Hall–Kier alpha value is -3.36. The SMILES string of the molecule is CC(=O)OC[C@@H]1O[C@H](N2C(=O)/C(=C\c3ccccc3F)SC2=S)[C@H](OC(C)=O)[C@@H](OC(C)=O)[C@H]1OC(C)=O. The van der Waals surface area contributed by atoms with E-state index in [2.05, 4.69) is 0 Å². The second kappa shape index (κ2) is 12.5. The molecule has 0 aromatic heterocycles. The van der Waals surface area contributed by atoms with Crippen molar-refractivity contribution >= 4 is 64.2 Å². The molecule has 2 fully saturated rings. The second-order valence-electron chi connectivity index (χ2n) is 8.16. The van der Waals surface area contributed by atoms with Crippen molar-refractivity contribution in [2.75, 3.05) is 6.61 Å². The molecule has 0 aliphatic carbocycles. The van der Waals surface area contributed by atoms with Gasteiger partial charge in [0.1, 0.15) is 18.5 Å². The first-order chi connectivity index (χ1) is 17.9. The second-order valence-corrected chi connectivity index (χ2v) is 9.84. The van der Waals surface area contributed by atoms with E-state index in [-0.39, 0.29) is 14.8 Å². The molecule has 0 spiro atoms. The monoisotopic (exact) mass is 569 g/mol. The van der Waals surface area contributed by atoms with Crippen molar-refractivity contribution in [1.82, 2.24) is 4.90 Å². The molecule has 2 saturated heterocycles. The number of nitrogens with zero attached hydrogens (tertiary/aromatic N) is 1. The van der Waals surface area contributed by atoms with E-state index in [0.717, 1.165) is 44.4 Å². The van der Waals surface area contributed by atoms with Gasteiger partial charge >= 0.3 is 23.9 Å². The molecule has 204 valence electrons. The Labute approximate surface area is 226 Å². The number of thioether (sulfide) groups is 1. The lowest BCUT2D eigenvalue weighted by atomic mass is 9.96. The molecule has 14 heteroatoms.